The summed E-state index contributed by atoms with van der Waals surface area (Å²) >= 11 is 0. The molecule has 0 fully saturated rings. The number of ether oxygens (including phenoxy) is 2. The molecule has 0 saturated heterocycles. The third-order valence-electron chi connectivity index (χ3n) is 5.02. The van der Waals surface area contributed by atoms with Crippen LogP contribution in [0.3, 0.4) is 0 Å². The maximum Gasteiger partial charge on any atom is 0.573 e. The Bertz CT molecular complexity index is 1320. The van der Waals surface area contributed by atoms with Gasteiger partial charge in [-0.1, -0.05) is 37.3 Å². The summed E-state index contributed by atoms with van der Waals surface area (Å²) in [4.78, 5) is 13.0. The molecule has 0 atom stereocenters. The Balaban J connectivity index is 1.88. The maximum atomic E-state index is 13.0. The quantitative estimate of drug-likeness (QED) is 0.313. The lowest BCUT2D eigenvalue weighted by Gasteiger charge is -2.16. The Kier molecular flexibility index (Phi) is 5.65. The summed E-state index contributed by atoms with van der Waals surface area (Å²) < 4.78 is 53.4. The molecule has 4 nitrogen and oxygen atoms in total. The fraction of sp³-hybridized carbons (Fsp3) is 0.160. The first kappa shape index (κ1) is 21.5. The Morgan fingerprint density at radius 3 is 2.28 bits per heavy atom. The van der Waals surface area contributed by atoms with Crippen molar-refractivity contribution in [2.24, 2.45) is 0 Å². The van der Waals surface area contributed by atoms with Gasteiger partial charge in [0, 0.05) is 0 Å². The lowest BCUT2D eigenvalue weighted by atomic mass is 9.99. The van der Waals surface area contributed by atoms with Crippen molar-refractivity contribution in [3.05, 3.63) is 88.3 Å². The van der Waals surface area contributed by atoms with Crippen LogP contribution in [0.15, 0.2) is 75.9 Å². The normalized spacial score (nSPS) is 11.5. The summed E-state index contributed by atoms with van der Waals surface area (Å²) in [6, 6.07) is 18.2. The molecule has 0 radical (unpaired) electrons. The van der Waals surface area contributed by atoms with Crippen LogP contribution in [-0.2, 0) is 6.42 Å². The van der Waals surface area contributed by atoms with Gasteiger partial charge in [0.25, 0.3) is 0 Å². The van der Waals surface area contributed by atoms with Crippen molar-refractivity contribution in [2.45, 2.75) is 26.6 Å². The van der Waals surface area contributed by atoms with E-state index in [4.69, 9.17) is 9.15 Å². The number of para-hydroxylation sites is 1. The van der Waals surface area contributed by atoms with Crippen molar-refractivity contribution < 1.29 is 27.1 Å². The van der Waals surface area contributed by atoms with Gasteiger partial charge in [-0.2, -0.15) is 0 Å². The molecule has 0 bridgehead atoms. The van der Waals surface area contributed by atoms with Gasteiger partial charge in [-0.15, -0.1) is 13.2 Å². The Hall–Kier alpha value is -3.74. The molecule has 0 aliphatic carbocycles. The van der Waals surface area contributed by atoms with E-state index in [1.54, 1.807) is 43.3 Å². The largest absolute Gasteiger partial charge is 0.573 e. The molecule has 7 heteroatoms. The number of hydrogen-bond acceptors (Lipinski definition) is 4. The molecule has 4 aromatic rings. The summed E-state index contributed by atoms with van der Waals surface area (Å²) in [6.45, 7) is 3.63. The maximum absolute atomic E-state index is 13.0. The first-order chi connectivity index (χ1) is 15.2. The van der Waals surface area contributed by atoms with Gasteiger partial charge in [0.05, 0.1) is 5.39 Å². The second-order valence-electron chi connectivity index (χ2n) is 7.21. The highest BCUT2D eigenvalue weighted by Crippen LogP contribution is 2.39. The summed E-state index contributed by atoms with van der Waals surface area (Å²) in [5, 5.41) is 0.566. The summed E-state index contributed by atoms with van der Waals surface area (Å²) in [5.74, 6) is 0.420. The fourth-order valence-corrected chi connectivity index (χ4v) is 3.48. The Labute approximate surface area is 181 Å². The number of fused-ring (bicyclic) bond motifs is 1. The van der Waals surface area contributed by atoms with Crippen LogP contribution in [-0.4, -0.2) is 6.36 Å². The molecule has 0 saturated carbocycles. The van der Waals surface area contributed by atoms with E-state index in [1.807, 2.05) is 19.1 Å². The molecule has 0 aliphatic heterocycles. The van der Waals surface area contributed by atoms with E-state index in [0.29, 0.717) is 27.8 Å². The zero-order valence-electron chi connectivity index (χ0n) is 17.3. The monoisotopic (exact) mass is 440 g/mol. The van der Waals surface area contributed by atoms with Crippen LogP contribution < -0.4 is 15.1 Å². The molecular weight excluding hydrogens is 421 g/mol. The molecule has 1 heterocycles. The van der Waals surface area contributed by atoms with Crippen LogP contribution in [0.1, 0.15) is 18.1 Å². The average molecular weight is 440 g/mol. The standard InChI is InChI=1S/C25H19F3O4/c1-3-16-8-10-17(11-9-16)30-23-20-6-4-5-7-21(20)31-24(29)22(23)19-13-12-18(14-15(19)2)32-25(26,27)28/h4-14H,3H2,1-2H3. The minimum Gasteiger partial charge on any atom is -0.456 e. The molecule has 164 valence electrons. The van der Waals surface area contributed by atoms with E-state index in [2.05, 4.69) is 4.74 Å². The first-order valence-electron chi connectivity index (χ1n) is 9.94. The van der Waals surface area contributed by atoms with E-state index in [-0.39, 0.29) is 17.1 Å². The molecule has 0 N–H and O–H groups in total. The number of benzene rings is 3. The number of hydrogen-bond donors (Lipinski definition) is 0. The van der Waals surface area contributed by atoms with Gasteiger partial charge >= 0.3 is 12.0 Å². The van der Waals surface area contributed by atoms with Gasteiger partial charge < -0.3 is 13.9 Å². The molecule has 0 spiro atoms. The van der Waals surface area contributed by atoms with Gasteiger partial charge in [-0.3, -0.25) is 0 Å². The second-order valence-corrected chi connectivity index (χ2v) is 7.21. The van der Waals surface area contributed by atoms with Gasteiger partial charge in [0.1, 0.15) is 22.6 Å². The van der Waals surface area contributed by atoms with Crippen molar-refractivity contribution in [1.82, 2.24) is 0 Å². The van der Waals surface area contributed by atoms with Gasteiger partial charge in [0.15, 0.2) is 5.75 Å². The average Bonchev–Trinajstić information content (AvgIpc) is 2.74. The minimum atomic E-state index is -4.81. The van der Waals surface area contributed by atoms with Crippen LogP contribution in [0.4, 0.5) is 13.2 Å². The topological polar surface area (TPSA) is 48.7 Å². The predicted molar refractivity (Wildman–Crippen MR) is 115 cm³/mol. The third kappa shape index (κ3) is 4.46. The molecule has 4 rings (SSSR count). The third-order valence-corrected chi connectivity index (χ3v) is 5.02. The van der Waals surface area contributed by atoms with E-state index >= 15 is 0 Å². The predicted octanol–water partition coefficient (Wildman–Crippen LogP) is 7.02. The highest BCUT2D eigenvalue weighted by molar-refractivity contribution is 5.91. The molecule has 0 aliphatic rings. The SMILES string of the molecule is CCc1ccc(Oc2c(-c3ccc(OC(F)(F)F)cc3C)c(=O)oc3ccccc23)cc1. The zero-order valence-corrected chi connectivity index (χ0v) is 17.3. The molecular formula is C25H19F3O4. The number of aryl methyl sites for hydroxylation is 2. The fourth-order valence-electron chi connectivity index (χ4n) is 3.48. The van der Waals surface area contributed by atoms with E-state index in [0.717, 1.165) is 18.1 Å². The van der Waals surface area contributed by atoms with Crippen LogP contribution in [0.2, 0.25) is 0 Å². The second kappa shape index (κ2) is 8.42. The van der Waals surface area contributed by atoms with E-state index < -0.39 is 12.0 Å². The molecule has 0 unspecified atom stereocenters. The van der Waals surface area contributed by atoms with Crippen LogP contribution in [0.25, 0.3) is 22.1 Å². The van der Waals surface area contributed by atoms with Crippen molar-refractivity contribution in [1.29, 1.82) is 0 Å². The Morgan fingerprint density at radius 1 is 0.938 bits per heavy atom. The van der Waals surface area contributed by atoms with Gasteiger partial charge in [-0.05, 0) is 66.4 Å². The molecule has 0 amide bonds. The van der Waals surface area contributed by atoms with Crippen LogP contribution in [0, 0.1) is 6.92 Å². The number of halogens is 3. The van der Waals surface area contributed by atoms with Gasteiger partial charge in [0.2, 0.25) is 0 Å². The highest BCUT2D eigenvalue weighted by atomic mass is 19.4. The zero-order chi connectivity index (χ0) is 22.9. The van der Waals surface area contributed by atoms with E-state index in [1.165, 1.54) is 12.1 Å². The van der Waals surface area contributed by atoms with Gasteiger partial charge in [-0.25, -0.2) is 4.79 Å². The van der Waals surface area contributed by atoms with Crippen molar-refractivity contribution in [3.63, 3.8) is 0 Å². The summed E-state index contributed by atoms with van der Waals surface area (Å²) in [6.07, 6.45) is -3.94. The first-order valence-corrected chi connectivity index (χ1v) is 9.94. The van der Waals surface area contributed by atoms with Crippen molar-refractivity contribution in [2.75, 3.05) is 0 Å². The van der Waals surface area contributed by atoms with E-state index in [9.17, 15) is 18.0 Å². The molecule has 1 aromatic heterocycles. The molecule has 3 aromatic carbocycles. The van der Waals surface area contributed by atoms with Crippen LogP contribution in [0.5, 0.6) is 17.2 Å². The summed E-state index contributed by atoms with van der Waals surface area (Å²) in [5.41, 5.74) is 1.73. The number of alkyl halides is 3. The lowest BCUT2D eigenvalue weighted by Crippen LogP contribution is -2.17. The molecule has 32 heavy (non-hydrogen) atoms. The Morgan fingerprint density at radius 2 is 1.62 bits per heavy atom. The lowest BCUT2D eigenvalue weighted by molar-refractivity contribution is -0.274. The smallest absolute Gasteiger partial charge is 0.456 e. The van der Waals surface area contributed by atoms with Crippen molar-refractivity contribution in [3.8, 4) is 28.4 Å². The van der Waals surface area contributed by atoms with Crippen molar-refractivity contribution >= 4 is 11.0 Å². The highest BCUT2D eigenvalue weighted by Gasteiger charge is 2.31. The number of rotatable bonds is 5. The summed E-state index contributed by atoms with van der Waals surface area (Å²) in [7, 11) is 0. The van der Waals surface area contributed by atoms with Crippen LogP contribution >= 0.6 is 0 Å². The minimum absolute atomic E-state index is 0.124.